The molecule has 7 nitrogen and oxygen atoms in total. The number of para-hydroxylation sites is 1. The third kappa shape index (κ3) is 3.82. The Hall–Kier alpha value is -2.77. The number of anilines is 1. The molecule has 0 aliphatic carbocycles. The second-order valence-corrected chi connectivity index (χ2v) is 8.47. The number of fused-ring (bicyclic) bond motifs is 2. The molecule has 0 bridgehead atoms. The Morgan fingerprint density at radius 1 is 1.20 bits per heavy atom. The van der Waals surface area contributed by atoms with Crippen LogP contribution in [0.4, 0.5) is 5.95 Å². The van der Waals surface area contributed by atoms with E-state index in [0.29, 0.717) is 12.5 Å². The molecule has 1 saturated heterocycles. The zero-order valence-electron chi connectivity index (χ0n) is 17.5. The van der Waals surface area contributed by atoms with E-state index in [2.05, 4.69) is 45.7 Å². The van der Waals surface area contributed by atoms with Crippen molar-refractivity contribution in [1.82, 2.24) is 19.9 Å². The van der Waals surface area contributed by atoms with Crippen molar-refractivity contribution in [1.29, 1.82) is 0 Å². The van der Waals surface area contributed by atoms with Crippen LogP contribution in [0.3, 0.4) is 0 Å². The highest BCUT2D eigenvalue weighted by Crippen LogP contribution is 2.21. The number of pyridine rings is 1. The second kappa shape index (κ2) is 7.81. The maximum Gasteiger partial charge on any atom is 0.255 e. The summed E-state index contributed by atoms with van der Waals surface area (Å²) in [6.07, 6.45) is 2.90. The molecule has 0 unspecified atom stereocenters. The molecule has 156 valence electrons. The van der Waals surface area contributed by atoms with Crippen LogP contribution in [-0.4, -0.2) is 51.7 Å². The van der Waals surface area contributed by atoms with Crippen molar-refractivity contribution in [2.24, 2.45) is 0 Å². The molecule has 0 spiro atoms. The highest BCUT2D eigenvalue weighted by molar-refractivity contribution is 5.78. The molecule has 3 aromatic rings. The Balaban J connectivity index is 1.37. The summed E-state index contributed by atoms with van der Waals surface area (Å²) in [5.41, 5.74) is 3.89. The van der Waals surface area contributed by atoms with Gasteiger partial charge in [-0.25, -0.2) is 4.98 Å². The molecule has 0 saturated carbocycles. The molecule has 0 amide bonds. The van der Waals surface area contributed by atoms with Crippen molar-refractivity contribution in [3.63, 3.8) is 0 Å². The van der Waals surface area contributed by atoms with Gasteiger partial charge in [0.1, 0.15) is 0 Å². The number of nitrogens with one attached hydrogen (secondary N) is 1. The van der Waals surface area contributed by atoms with Crippen LogP contribution in [0.5, 0.6) is 0 Å². The molecule has 7 heteroatoms. The quantitative estimate of drug-likeness (QED) is 0.722. The van der Waals surface area contributed by atoms with Gasteiger partial charge in [0, 0.05) is 49.9 Å². The lowest BCUT2D eigenvalue weighted by molar-refractivity contribution is -0.00576. The Kier molecular flexibility index (Phi) is 5.00. The van der Waals surface area contributed by atoms with Gasteiger partial charge in [0.15, 0.2) is 0 Å². The summed E-state index contributed by atoms with van der Waals surface area (Å²) in [5, 5.41) is 1.15. The minimum atomic E-state index is -0.00572. The van der Waals surface area contributed by atoms with E-state index in [9.17, 15) is 4.79 Å². The highest BCUT2D eigenvalue weighted by atomic mass is 16.5. The van der Waals surface area contributed by atoms with Gasteiger partial charge in [-0.15, -0.1) is 0 Å². The third-order valence-electron chi connectivity index (χ3n) is 5.91. The number of aromatic amines is 1. The number of benzene rings is 1. The molecule has 0 radical (unpaired) electrons. The van der Waals surface area contributed by atoms with Crippen LogP contribution in [0, 0.1) is 0 Å². The van der Waals surface area contributed by atoms with Gasteiger partial charge in [0.25, 0.3) is 5.56 Å². The fourth-order valence-corrected chi connectivity index (χ4v) is 4.58. The fourth-order valence-electron chi connectivity index (χ4n) is 4.58. The summed E-state index contributed by atoms with van der Waals surface area (Å²) in [6, 6.07) is 10.4. The summed E-state index contributed by atoms with van der Waals surface area (Å²) in [5.74, 6) is 0.662. The number of hydrogen-bond acceptors (Lipinski definition) is 6. The predicted octanol–water partition coefficient (Wildman–Crippen LogP) is 2.49. The largest absolute Gasteiger partial charge is 0.372 e. The van der Waals surface area contributed by atoms with Crippen molar-refractivity contribution in [2.45, 2.75) is 45.6 Å². The molecular formula is C23H27N5O2. The van der Waals surface area contributed by atoms with Gasteiger partial charge in [-0.2, -0.15) is 0 Å². The molecule has 1 N–H and O–H groups in total. The first kappa shape index (κ1) is 19.2. The normalized spacial score (nSPS) is 22.3. The van der Waals surface area contributed by atoms with E-state index in [1.54, 1.807) is 0 Å². The van der Waals surface area contributed by atoms with E-state index in [4.69, 9.17) is 9.72 Å². The number of hydrogen-bond donors (Lipinski definition) is 1. The van der Waals surface area contributed by atoms with Gasteiger partial charge in [-0.3, -0.25) is 19.7 Å². The maximum absolute atomic E-state index is 12.7. The molecule has 1 fully saturated rings. The van der Waals surface area contributed by atoms with Crippen LogP contribution >= 0.6 is 0 Å². The Morgan fingerprint density at radius 3 is 2.83 bits per heavy atom. The molecule has 1 aromatic carbocycles. The first-order chi connectivity index (χ1) is 14.5. The lowest BCUT2D eigenvalue weighted by Crippen LogP contribution is -2.47. The smallest absolute Gasteiger partial charge is 0.255 e. The zero-order chi connectivity index (χ0) is 20.7. The Morgan fingerprint density at radius 2 is 2.00 bits per heavy atom. The Bertz CT molecular complexity index is 1120. The van der Waals surface area contributed by atoms with Crippen LogP contribution in [-0.2, 0) is 24.2 Å². The van der Waals surface area contributed by atoms with Gasteiger partial charge in [0.05, 0.1) is 23.4 Å². The zero-order valence-corrected chi connectivity index (χ0v) is 17.5. The minimum absolute atomic E-state index is 0.00572. The minimum Gasteiger partial charge on any atom is -0.372 e. The molecule has 2 aliphatic heterocycles. The Labute approximate surface area is 175 Å². The summed E-state index contributed by atoms with van der Waals surface area (Å²) >= 11 is 0. The predicted molar refractivity (Wildman–Crippen MR) is 117 cm³/mol. The second-order valence-electron chi connectivity index (χ2n) is 8.47. The van der Waals surface area contributed by atoms with E-state index >= 15 is 0 Å². The van der Waals surface area contributed by atoms with Gasteiger partial charge < -0.3 is 9.64 Å². The lowest BCUT2D eigenvalue weighted by Gasteiger charge is -2.36. The topological polar surface area (TPSA) is 74.4 Å². The van der Waals surface area contributed by atoms with Crippen molar-refractivity contribution >= 4 is 16.9 Å². The van der Waals surface area contributed by atoms with Crippen molar-refractivity contribution in [3.8, 4) is 0 Å². The van der Waals surface area contributed by atoms with Crippen molar-refractivity contribution in [2.75, 3.05) is 24.5 Å². The van der Waals surface area contributed by atoms with Crippen molar-refractivity contribution in [3.05, 3.63) is 63.7 Å². The standard InChI is InChI=1S/C23H27N5O2/c1-15-11-28(12-16(2)30-15)23-25-21-14-27(8-7-19(21)22(29)26-23)13-17-9-18-5-3-4-6-20(18)24-10-17/h3-6,9-10,15-16H,7-8,11-14H2,1-2H3,(H,25,26,29)/t15-,16-/m0/s1. The van der Waals surface area contributed by atoms with E-state index in [-0.39, 0.29) is 17.8 Å². The molecule has 5 rings (SSSR count). The molecular weight excluding hydrogens is 378 g/mol. The van der Waals surface area contributed by atoms with E-state index in [1.165, 1.54) is 5.56 Å². The van der Waals surface area contributed by atoms with Gasteiger partial charge in [-0.05, 0) is 38.0 Å². The van der Waals surface area contributed by atoms with Crippen LogP contribution < -0.4 is 10.5 Å². The SMILES string of the molecule is C[C@H]1CN(c2nc3c(c(=O)[nH]2)CCN(Cc2cnc4ccccc4c2)C3)C[C@H](C)O1. The molecule has 4 heterocycles. The highest BCUT2D eigenvalue weighted by Gasteiger charge is 2.27. The molecule has 2 aromatic heterocycles. The van der Waals surface area contributed by atoms with Gasteiger partial charge >= 0.3 is 0 Å². The molecule has 30 heavy (non-hydrogen) atoms. The monoisotopic (exact) mass is 405 g/mol. The average Bonchev–Trinajstić information content (AvgIpc) is 2.73. The fraction of sp³-hybridized carbons (Fsp3) is 0.435. The number of aromatic nitrogens is 3. The first-order valence-corrected chi connectivity index (χ1v) is 10.6. The average molecular weight is 406 g/mol. The van der Waals surface area contributed by atoms with E-state index < -0.39 is 0 Å². The number of H-pyrrole nitrogens is 1. The van der Waals surface area contributed by atoms with Crippen LogP contribution in [0.15, 0.2) is 41.3 Å². The van der Waals surface area contributed by atoms with Gasteiger partial charge in [-0.1, -0.05) is 18.2 Å². The summed E-state index contributed by atoms with van der Waals surface area (Å²) in [6.45, 7) is 7.89. The number of ether oxygens (including phenoxy) is 1. The number of nitrogens with zero attached hydrogens (tertiary/aromatic N) is 4. The molecule has 2 atom stereocenters. The van der Waals surface area contributed by atoms with Crippen LogP contribution in [0.25, 0.3) is 10.9 Å². The van der Waals surface area contributed by atoms with E-state index in [1.807, 2.05) is 24.4 Å². The first-order valence-electron chi connectivity index (χ1n) is 10.6. The summed E-state index contributed by atoms with van der Waals surface area (Å²) < 4.78 is 5.82. The van der Waals surface area contributed by atoms with Crippen LogP contribution in [0.1, 0.15) is 30.7 Å². The number of morpholine rings is 1. The summed E-state index contributed by atoms with van der Waals surface area (Å²) in [4.78, 5) is 29.6. The van der Waals surface area contributed by atoms with E-state index in [0.717, 1.165) is 54.8 Å². The van der Waals surface area contributed by atoms with Crippen molar-refractivity contribution < 1.29 is 4.74 Å². The lowest BCUT2D eigenvalue weighted by atomic mass is 10.1. The van der Waals surface area contributed by atoms with Crippen LogP contribution in [0.2, 0.25) is 0 Å². The van der Waals surface area contributed by atoms with Gasteiger partial charge in [0.2, 0.25) is 5.95 Å². The maximum atomic E-state index is 12.7. The number of rotatable bonds is 3. The molecule has 2 aliphatic rings. The summed E-state index contributed by atoms with van der Waals surface area (Å²) in [7, 11) is 0. The third-order valence-corrected chi connectivity index (χ3v) is 5.91.